The van der Waals surface area contributed by atoms with Crippen molar-refractivity contribution in [1.82, 2.24) is 0 Å². The van der Waals surface area contributed by atoms with Crippen LogP contribution in [0.5, 0.6) is 0 Å². The van der Waals surface area contributed by atoms with Gasteiger partial charge in [0.1, 0.15) is 0 Å². The lowest BCUT2D eigenvalue weighted by Gasteiger charge is -2.06. The number of nitriles is 1. The zero-order valence-corrected chi connectivity index (χ0v) is 11.8. The molecule has 0 atom stereocenters. The van der Waals surface area contributed by atoms with Crippen LogP contribution in [0.2, 0.25) is 0 Å². The van der Waals surface area contributed by atoms with E-state index in [0.717, 1.165) is 0 Å². The molecule has 2 aromatic rings. The average Bonchev–Trinajstić information content (AvgIpc) is 2.79. The van der Waals surface area contributed by atoms with Gasteiger partial charge in [-0.1, -0.05) is 54.6 Å². The summed E-state index contributed by atoms with van der Waals surface area (Å²) in [7, 11) is 0. The maximum absolute atomic E-state index is 8.77. The number of carbonyl (C=O) groups is 1. The Labute approximate surface area is 127 Å². The molecule has 4 heteroatoms. The third-order valence-electron chi connectivity index (χ3n) is 3.25. The minimum Gasteiger partial charge on any atom is -0.469 e. The van der Waals surface area contributed by atoms with Gasteiger partial charge < -0.3 is 5.11 Å². The van der Waals surface area contributed by atoms with E-state index in [1.54, 1.807) is 6.08 Å². The first-order valence-corrected chi connectivity index (χ1v) is 6.66. The van der Waals surface area contributed by atoms with Gasteiger partial charge in [-0.05, 0) is 22.3 Å². The largest absolute Gasteiger partial charge is 0.469 e. The fourth-order valence-electron chi connectivity index (χ4n) is 2.54. The molecule has 0 unspecified atom stereocenters. The second-order valence-electron chi connectivity index (χ2n) is 4.39. The summed E-state index contributed by atoms with van der Waals surface area (Å²) in [4.78, 5) is 8.77. The van der Waals surface area contributed by atoms with Crippen molar-refractivity contribution in [3.8, 4) is 17.2 Å². The molecule has 0 fully saturated rings. The van der Waals surface area contributed by atoms with Crippen molar-refractivity contribution in [2.24, 2.45) is 0 Å². The predicted octanol–water partition coefficient (Wildman–Crippen LogP) is 4.78. The molecular weight excluding hydrogens is 286 g/mol. The quantitative estimate of drug-likeness (QED) is 0.608. The van der Waals surface area contributed by atoms with Gasteiger partial charge in [-0.15, -0.1) is 0 Å². The molecule has 0 spiro atoms. The fourth-order valence-corrected chi connectivity index (χ4v) is 2.54. The van der Waals surface area contributed by atoms with Gasteiger partial charge in [-0.2, -0.15) is 5.26 Å². The topological polar surface area (TPSA) is 61.1 Å². The third kappa shape index (κ3) is 3.31. The maximum Gasteiger partial charge on any atom is 0.401 e. The van der Waals surface area contributed by atoms with Crippen LogP contribution in [0.15, 0.2) is 60.7 Å². The highest BCUT2D eigenvalue weighted by Crippen LogP contribution is 2.44. The molecule has 3 nitrogen and oxygen atoms in total. The second kappa shape index (κ2) is 6.74. The molecule has 0 heterocycles. The summed E-state index contributed by atoms with van der Waals surface area (Å²) in [6, 6.07) is 18.9. The monoisotopic (exact) mass is 297 g/mol. The van der Waals surface area contributed by atoms with E-state index < -0.39 is 5.43 Å². The molecule has 3 rings (SSSR count). The van der Waals surface area contributed by atoms with Gasteiger partial charge in [0.25, 0.3) is 0 Å². The van der Waals surface area contributed by atoms with E-state index in [-0.39, 0.29) is 5.92 Å². The Kier molecular flexibility index (Phi) is 4.76. The number of allylic oxidation sites excluding steroid dienone is 2. The number of hydrogen-bond donors (Lipinski definition) is 1. The highest BCUT2D eigenvalue weighted by atomic mass is 35.5. The first kappa shape index (κ1) is 14.8. The lowest BCUT2D eigenvalue weighted by Crippen LogP contribution is -1.91. The third-order valence-corrected chi connectivity index (χ3v) is 3.25. The van der Waals surface area contributed by atoms with Crippen LogP contribution in [-0.4, -0.2) is 10.5 Å². The number of carboxylic acid groups (broad SMARTS) is 1. The summed E-state index contributed by atoms with van der Waals surface area (Å²) in [6.07, 6.45) is 3.55. The summed E-state index contributed by atoms with van der Waals surface area (Å²) >= 11 is 4.19. The molecule has 0 aliphatic heterocycles. The molecule has 21 heavy (non-hydrogen) atoms. The number of hydrogen-bond acceptors (Lipinski definition) is 2. The van der Waals surface area contributed by atoms with Crippen LogP contribution in [0.4, 0.5) is 4.79 Å². The molecule has 1 N–H and O–H groups in total. The van der Waals surface area contributed by atoms with Gasteiger partial charge in [0.15, 0.2) is 0 Å². The average molecular weight is 298 g/mol. The van der Waals surface area contributed by atoms with E-state index in [1.807, 2.05) is 6.08 Å². The van der Waals surface area contributed by atoms with E-state index in [2.05, 4.69) is 66.2 Å². The van der Waals surface area contributed by atoms with Crippen LogP contribution in [0, 0.1) is 11.3 Å². The standard InChI is InChI=1S/C16H11N.CHClO2/c17-11-5-10-16-14-8-3-1-6-12(14)13-7-2-4-9-15(13)16;2-1(3)4/h1-10,16H;(H,3,4). The molecular formula is C17H12ClNO2. The highest BCUT2D eigenvalue weighted by Gasteiger charge is 2.25. The van der Waals surface area contributed by atoms with Crippen LogP contribution >= 0.6 is 11.6 Å². The Morgan fingerprint density at radius 1 is 1.10 bits per heavy atom. The molecule has 0 saturated heterocycles. The first-order valence-electron chi connectivity index (χ1n) is 6.28. The molecule has 1 aliphatic carbocycles. The van der Waals surface area contributed by atoms with Crippen molar-refractivity contribution >= 4 is 17.0 Å². The molecule has 0 radical (unpaired) electrons. The Balaban J connectivity index is 0.000000361. The van der Waals surface area contributed by atoms with E-state index in [0.29, 0.717) is 0 Å². The fraction of sp³-hybridized carbons (Fsp3) is 0.0588. The molecule has 0 bridgehead atoms. The smallest absolute Gasteiger partial charge is 0.401 e. The summed E-state index contributed by atoms with van der Waals surface area (Å²) in [5.41, 5.74) is 3.80. The summed E-state index contributed by atoms with van der Waals surface area (Å²) in [5, 5.41) is 15.9. The summed E-state index contributed by atoms with van der Waals surface area (Å²) in [6.45, 7) is 0. The number of halogens is 1. The molecule has 2 aromatic carbocycles. The van der Waals surface area contributed by atoms with Crippen LogP contribution in [0.1, 0.15) is 17.0 Å². The number of fused-ring (bicyclic) bond motifs is 3. The van der Waals surface area contributed by atoms with Crippen molar-refractivity contribution in [3.05, 3.63) is 71.8 Å². The van der Waals surface area contributed by atoms with Crippen molar-refractivity contribution in [3.63, 3.8) is 0 Å². The van der Waals surface area contributed by atoms with Gasteiger partial charge in [-0.3, -0.25) is 0 Å². The van der Waals surface area contributed by atoms with Gasteiger partial charge in [0, 0.05) is 23.6 Å². The molecule has 1 aliphatic rings. The SMILES string of the molecule is N#CC=CC1c2ccccc2-c2ccccc21.O=C(O)Cl. The number of nitrogens with zero attached hydrogens (tertiary/aromatic N) is 1. The Bertz CT molecular complexity index is 682. The van der Waals surface area contributed by atoms with Gasteiger partial charge in [0.2, 0.25) is 0 Å². The van der Waals surface area contributed by atoms with E-state index in [9.17, 15) is 0 Å². The van der Waals surface area contributed by atoms with Gasteiger partial charge >= 0.3 is 5.43 Å². The minimum atomic E-state index is -1.36. The molecule has 0 amide bonds. The van der Waals surface area contributed by atoms with Crippen LogP contribution < -0.4 is 0 Å². The lowest BCUT2D eigenvalue weighted by atomic mass is 9.97. The van der Waals surface area contributed by atoms with Gasteiger partial charge in [0.05, 0.1) is 6.07 Å². The number of rotatable bonds is 1. The summed E-state index contributed by atoms with van der Waals surface area (Å²) < 4.78 is 0. The Morgan fingerprint density at radius 3 is 1.95 bits per heavy atom. The number of benzene rings is 2. The lowest BCUT2D eigenvalue weighted by molar-refractivity contribution is 0.220. The van der Waals surface area contributed by atoms with Crippen LogP contribution in [0.25, 0.3) is 11.1 Å². The zero-order chi connectivity index (χ0) is 15.2. The normalized spacial score (nSPS) is 12.0. The van der Waals surface area contributed by atoms with E-state index >= 15 is 0 Å². The minimum absolute atomic E-state index is 0.224. The highest BCUT2D eigenvalue weighted by molar-refractivity contribution is 6.60. The van der Waals surface area contributed by atoms with E-state index in [1.165, 1.54) is 22.3 Å². The second-order valence-corrected chi connectivity index (χ2v) is 4.72. The Hall–Kier alpha value is -2.57. The van der Waals surface area contributed by atoms with Gasteiger partial charge in [-0.25, -0.2) is 4.79 Å². The molecule has 104 valence electrons. The maximum atomic E-state index is 8.77. The molecule has 0 aromatic heterocycles. The van der Waals surface area contributed by atoms with Crippen molar-refractivity contribution in [2.75, 3.05) is 0 Å². The predicted molar refractivity (Wildman–Crippen MR) is 82.4 cm³/mol. The zero-order valence-electron chi connectivity index (χ0n) is 11.0. The van der Waals surface area contributed by atoms with Crippen LogP contribution in [-0.2, 0) is 0 Å². The first-order chi connectivity index (χ1) is 10.1. The van der Waals surface area contributed by atoms with E-state index in [4.69, 9.17) is 15.2 Å². The Morgan fingerprint density at radius 2 is 1.52 bits per heavy atom. The summed E-state index contributed by atoms with van der Waals surface area (Å²) in [5.74, 6) is 0.224. The van der Waals surface area contributed by atoms with Crippen molar-refractivity contribution < 1.29 is 9.90 Å². The molecule has 0 saturated carbocycles. The van der Waals surface area contributed by atoms with Crippen LogP contribution in [0.3, 0.4) is 0 Å². The van der Waals surface area contributed by atoms with Crippen molar-refractivity contribution in [2.45, 2.75) is 5.92 Å². The van der Waals surface area contributed by atoms with Crippen molar-refractivity contribution in [1.29, 1.82) is 5.26 Å².